The van der Waals surface area contributed by atoms with Gasteiger partial charge in [0.05, 0.1) is 7.11 Å². The summed E-state index contributed by atoms with van der Waals surface area (Å²) in [6.07, 6.45) is 2.72. The highest BCUT2D eigenvalue weighted by Gasteiger charge is 2.22. The molecule has 1 aliphatic rings. The van der Waals surface area contributed by atoms with Gasteiger partial charge < -0.3 is 10.2 Å². The molecule has 2 aromatic carbocycles. The SMILES string of the molecule is COc1cccc(C(=O)NNC2=CC(=O)CC(c3ccccc3)C2)c1. The monoisotopic (exact) mass is 336 g/mol. The highest BCUT2D eigenvalue weighted by Crippen LogP contribution is 2.30. The molecule has 3 rings (SSSR count). The second-order valence-electron chi connectivity index (χ2n) is 5.96. The number of amides is 1. The number of rotatable bonds is 5. The van der Waals surface area contributed by atoms with Crippen LogP contribution < -0.4 is 15.6 Å². The van der Waals surface area contributed by atoms with Crippen molar-refractivity contribution >= 4 is 11.7 Å². The zero-order valence-electron chi connectivity index (χ0n) is 14.0. The van der Waals surface area contributed by atoms with Gasteiger partial charge in [-0.1, -0.05) is 36.4 Å². The van der Waals surface area contributed by atoms with Gasteiger partial charge in [-0.25, -0.2) is 0 Å². The summed E-state index contributed by atoms with van der Waals surface area (Å²) in [4.78, 5) is 24.3. The summed E-state index contributed by atoms with van der Waals surface area (Å²) in [5.41, 5.74) is 7.85. The van der Waals surface area contributed by atoms with Crippen molar-refractivity contribution in [3.05, 3.63) is 77.5 Å². The van der Waals surface area contributed by atoms with Crippen molar-refractivity contribution in [1.82, 2.24) is 10.9 Å². The molecule has 128 valence electrons. The Bertz CT molecular complexity index is 800. The van der Waals surface area contributed by atoms with E-state index in [1.54, 1.807) is 37.5 Å². The molecule has 5 nitrogen and oxygen atoms in total. The number of hydrazine groups is 1. The number of ether oxygens (including phenoxy) is 1. The van der Waals surface area contributed by atoms with Gasteiger partial charge in [0, 0.05) is 23.8 Å². The molecule has 2 N–H and O–H groups in total. The summed E-state index contributed by atoms with van der Waals surface area (Å²) in [5.74, 6) is 0.506. The molecule has 0 aliphatic heterocycles. The van der Waals surface area contributed by atoms with Gasteiger partial charge in [0.25, 0.3) is 5.91 Å². The summed E-state index contributed by atoms with van der Waals surface area (Å²) >= 11 is 0. The first-order valence-corrected chi connectivity index (χ1v) is 8.14. The molecule has 2 aromatic rings. The number of hydrogen-bond acceptors (Lipinski definition) is 4. The highest BCUT2D eigenvalue weighted by molar-refractivity contribution is 5.95. The van der Waals surface area contributed by atoms with E-state index in [1.165, 1.54) is 0 Å². The van der Waals surface area contributed by atoms with Gasteiger partial charge in [-0.2, -0.15) is 0 Å². The lowest BCUT2D eigenvalue weighted by Crippen LogP contribution is -2.38. The molecule has 0 radical (unpaired) electrons. The van der Waals surface area contributed by atoms with Crippen LogP contribution in [0.15, 0.2) is 66.4 Å². The molecule has 1 amide bonds. The summed E-state index contributed by atoms with van der Waals surface area (Å²) in [5, 5.41) is 0. The number of hydrogen-bond donors (Lipinski definition) is 2. The van der Waals surface area contributed by atoms with Crippen LogP contribution in [-0.2, 0) is 4.79 Å². The first-order valence-electron chi connectivity index (χ1n) is 8.14. The topological polar surface area (TPSA) is 67.4 Å². The maximum absolute atomic E-state index is 12.2. The van der Waals surface area contributed by atoms with Crippen LogP contribution in [0.1, 0.15) is 34.7 Å². The van der Waals surface area contributed by atoms with E-state index in [2.05, 4.69) is 10.9 Å². The average Bonchev–Trinajstić information content (AvgIpc) is 2.66. The standard InChI is InChI=1S/C20H20N2O3/c1-25-19-9-5-8-15(12-19)20(24)22-21-17-10-16(11-18(23)13-17)14-6-3-2-4-7-14/h2-9,12-13,16,21H,10-11H2,1H3,(H,22,24). The summed E-state index contributed by atoms with van der Waals surface area (Å²) < 4.78 is 5.12. The van der Waals surface area contributed by atoms with Gasteiger partial charge in [0.15, 0.2) is 5.78 Å². The third-order valence-electron chi connectivity index (χ3n) is 4.19. The molecular formula is C20H20N2O3. The van der Waals surface area contributed by atoms with E-state index >= 15 is 0 Å². The van der Waals surface area contributed by atoms with Crippen molar-refractivity contribution in [2.24, 2.45) is 0 Å². The molecule has 1 unspecified atom stereocenters. The van der Waals surface area contributed by atoms with Crippen molar-refractivity contribution in [2.75, 3.05) is 7.11 Å². The van der Waals surface area contributed by atoms with E-state index in [9.17, 15) is 9.59 Å². The van der Waals surface area contributed by atoms with E-state index in [0.717, 1.165) is 5.56 Å². The number of allylic oxidation sites excluding steroid dienone is 2. The summed E-state index contributed by atoms with van der Waals surface area (Å²) in [7, 11) is 1.55. The Hall–Kier alpha value is -3.08. The largest absolute Gasteiger partial charge is 0.497 e. The molecule has 0 saturated carbocycles. The van der Waals surface area contributed by atoms with Crippen molar-refractivity contribution in [3.8, 4) is 5.75 Å². The molecule has 0 saturated heterocycles. The number of carbonyl (C=O) groups excluding carboxylic acids is 2. The van der Waals surface area contributed by atoms with Gasteiger partial charge in [-0.05, 0) is 36.1 Å². The van der Waals surface area contributed by atoms with E-state index in [-0.39, 0.29) is 17.6 Å². The fraction of sp³-hybridized carbons (Fsp3) is 0.200. The fourth-order valence-electron chi connectivity index (χ4n) is 2.91. The molecule has 0 bridgehead atoms. The van der Waals surface area contributed by atoms with E-state index in [1.807, 2.05) is 30.3 Å². The number of benzene rings is 2. The average molecular weight is 336 g/mol. The molecule has 1 atom stereocenters. The number of methoxy groups -OCH3 is 1. The van der Waals surface area contributed by atoms with E-state index < -0.39 is 0 Å². The Kier molecular flexibility index (Phi) is 5.14. The number of ketones is 1. The molecule has 0 aromatic heterocycles. The van der Waals surface area contributed by atoms with Crippen molar-refractivity contribution < 1.29 is 14.3 Å². The lowest BCUT2D eigenvalue weighted by Gasteiger charge is -2.23. The van der Waals surface area contributed by atoms with Crippen molar-refractivity contribution in [2.45, 2.75) is 18.8 Å². The molecule has 0 heterocycles. The molecular weight excluding hydrogens is 316 g/mol. The first kappa shape index (κ1) is 16.8. The van der Waals surface area contributed by atoms with Crippen LogP contribution >= 0.6 is 0 Å². The molecule has 25 heavy (non-hydrogen) atoms. The van der Waals surface area contributed by atoms with Gasteiger partial charge in [-0.15, -0.1) is 0 Å². The van der Waals surface area contributed by atoms with E-state index in [4.69, 9.17) is 4.74 Å². The second kappa shape index (κ2) is 7.66. The number of carbonyl (C=O) groups is 2. The van der Waals surface area contributed by atoms with Gasteiger partial charge in [0.2, 0.25) is 0 Å². The van der Waals surface area contributed by atoms with Crippen LogP contribution in [0.3, 0.4) is 0 Å². The zero-order valence-corrected chi connectivity index (χ0v) is 14.0. The quantitative estimate of drug-likeness (QED) is 0.824. The van der Waals surface area contributed by atoms with Crippen LogP contribution in [0.25, 0.3) is 0 Å². The summed E-state index contributed by atoms with van der Waals surface area (Å²) in [6, 6.07) is 16.8. The Morgan fingerprint density at radius 1 is 1.08 bits per heavy atom. The third-order valence-corrected chi connectivity index (χ3v) is 4.19. The number of nitrogens with one attached hydrogen (secondary N) is 2. The first-order chi connectivity index (χ1) is 12.2. The van der Waals surface area contributed by atoms with Crippen LogP contribution in [0, 0.1) is 0 Å². The Balaban J connectivity index is 1.64. The van der Waals surface area contributed by atoms with Gasteiger partial charge in [-0.3, -0.25) is 15.0 Å². The molecule has 5 heteroatoms. The van der Waals surface area contributed by atoms with Gasteiger partial charge >= 0.3 is 0 Å². The third kappa shape index (κ3) is 4.26. The highest BCUT2D eigenvalue weighted by atomic mass is 16.5. The second-order valence-corrected chi connectivity index (χ2v) is 5.96. The zero-order chi connectivity index (χ0) is 17.6. The maximum Gasteiger partial charge on any atom is 0.269 e. The predicted molar refractivity (Wildman–Crippen MR) is 95.1 cm³/mol. The molecule has 0 spiro atoms. The minimum absolute atomic E-state index is 0.0539. The fourth-order valence-corrected chi connectivity index (χ4v) is 2.91. The van der Waals surface area contributed by atoms with Crippen LogP contribution in [-0.4, -0.2) is 18.8 Å². The Labute approximate surface area is 146 Å². The maximum atomic E-state index is 12.2. The van der Waals surface area contributed by atoms with Crippen LogP contribution in [0.5, 0.6) is 5.75 Å². The normalized spacial score (nSPS) is 16.8. The molecule has 1 aliphatic carbocycles. The van der Waals surface area contributed by atoms with Crippen LogP contribution in [0.4, 0.5) is 0 Å². The minimum atomic E-state index is -0.283. The molecule has 0 fully saturated rings. The van der Waals surface area contributed by atoms with Gasteiger partial charge in [0.1, 0.15) is 5.75 Å². The van der Waals surface area contributed by atoms with Crippen molar-refractivity contribution in [1.29, 1.82) is 0 Å². The lowest BCUT2D eigenvalue weighted by atomic mass is 9.86. The lowest BCUT2D eigenvalue weighted by molar-refractivity contribution is -0.115. The summed E-state index contributed by atoms with van der Waals surface area (Å²) in [6.45, 7) is 0. The Morgan fingerprint density at radius 2 is 1.88 bits per heavy atom. The van der Waals surface area contributed by atoms with E-state index in [0.29, 0.717) is 29.9 Å². The Morgan fingerprint density at radius 3 is 2.64 bits per heavy atom. The smallest absolute Gasteiger partial charge is 0.269 e. The van der Waals surface area contributed by atoms with Crippen LogP contribution in [0.2, 0.25) is 0 Å². The minimum Gasteiger partial charge on any atom is -0.497 e. The predicted octanol–water partition coefficient (Wildman–Crippen LogP) is 2.96. The van der Waals surface area contributed by atoms with Crippen molar-refractivity contribution in [3.63, 3.8) is 0 Å².